The normalized spacial score (nSPS) is 25.4. The summed E-state index contributed by atoms with van der Waals surface area (Å²) in [5.74, 6) is -1.74. The van der Waals surface area contributed by atoms with Crippen molar-refractivity contribution < 1.29 is 60.8 Å². The van der Waals surface area contributed by atoms with E-state index in [1.54, 1.807) is 0 Å². The highest BCUT2D eigenvalue weighted by atomic mass is 79.9. The van der Waals surface area contributed by atoms with Gasteiger partial charge in [0.15, 0.2) is 24.6 Å². The van der Waals surface area contributed by atoms with Crippen molar-refractivity contribution in [3.63, 3.8) is 0 Å². The number of rotatable bonds is 8. The minimum atomic E-state index is -1.02. The molecule has 0 aliphatic carbocycles. The molecule has 3 N–H and O–H groups in total. The molecule has 0 bridgehead atoms. The van der Waals surface area contributed by atoms with Crippen molar-refractivity contribution in [2.75, 3.05) is 19.8 Å². The summed E-state index contributed by atoms with van der Waals surface area (Å²) in [6.45, 7) is 4.80. The monoisotopic (exact) mass is 427 g/mol. The molecule has 4 atom stereocenters. The first kappa shape index (κ1) is 23.8. The zero-order valence-electron chi connectivity index (χ0n) is 14.7. The maximum atomic E-state index is 11.4. The lowest BCUT2D eigenvalue weighted by Gasteiger charge is -2.40. The van der Waals surface area contributed by atoms with Gasteiger partial charge in [-0.05, 0) is 12.8 Å². The van der Waals surface area contributed by atoms with E-state index in [0.717, 1.165) is 19.4 Å². The number of esters is 3. The van der Waals surface area contributed by atoms with E-state index in [1.165, 1.54) is 20.8 Å². The first-order valence-corrected chi connectivity index (χ1v) is 7.89. The van der Waals surface area contributed by atoms with Crippen LogP contribution in [0.3, 0.4) is 0 Å². The van der Waals surface area contributed by atoms with Crippen molar-refractivity contribution in [3.05, 3.63) is 0 Å². The molecule has 0 aromatic heterocycles. The van der Waals surface area contributed by atoms with E-state index in [-0.39, 0.29) is 23.6 Å². The van der Waals surface area contributed by atoms with Gasteiger partial charge in [0.25, 0.3) is 0 Å². The quantitative estimate of drug-likeness (QED) is 0.237. The van der Waals surface area contributed by atoms with Gasteiger partial charge in [0, 0.05) is 20.8 Å². The molecule has 1 saturated heterocycles. The number of hydrogen-bond acceptors (Lipinski definition) is 8. The standard InChI is InChI=1S/C15H25NO8.BrH/c1-9(17)22-12-8-21-15(20-7-5-4-6-16)14(24-11(3)19)13(12)23-10(2)18;/h12-15H,4-8,16H2,1-3H3;1H/t12-,13-,14-,15?;/m1./s1. The van der Waals surface area contributed by atoms with Crippen LogP contribution in [-0.4, -0.2) is 62.3 Å². The molecule has 0 aromatic carbocycles. The Morgan fingerprint density at radius 1 is 0.960 bits per heavy atom. The van der Waals surface area contributed by atoms with Crippen molar-refractivity contribution >= 4 is 17.9 Å². The number of ether oxygens (including phenoxy) is 5. The SMILES string of the molecule is CC(=O)O[C@@H]1[C@H](OC(C)=O)COC(OCCCC[NH3+])[C@@H]1OC(C)=O.[Br-]. The van der Waals surface area contributed by atoms with Crippen LogP contribution >= 0.6 is 0 Å². The van der Waals surface area contributed by atoms with Crippen LogP contribution in [0.2, 0.25) is 0 Å². The van der Waals surface area contributed by atoms with Crippen molar-refractivity contribution in [1.29, 1.82) is 0 Å². The van der Waals surface area contributed by atoms with Gasteiger partial charge in [0.2, 0.25) is 0 Å². The summed E-state index contributed by atoms with van der Waals surface area (Å²) in [6, 6.07) is 0. The summed E-state index contributed by atoms with van der Waals surface area (Å²) in [6.07, 6.45) is -2.16. The zero-order valence-corrected chi connectivity index (χ0v) is 16.3. The molecule has 0 spiro atoms. The molecule has 146 valence electrons. The molecule has 1 aliphatic rings. The second-order valence-corrected chi connectivity index (χ2v) is 5.43. The first-order valence-electron chi connectivity index (χ1n) is 7.89. The van der Waals surface area contributed by atoms with Gasteiger partial charge in [-0.25, -0.2) is 0 Å². The van der Waals surface area contributed by atoms with E-state index >= 15 is 0 Å². The minimum absolute atomic E-state index is 0. The van der Waals surface area contributed by atoms with Gasteiger partial charge in [-0.3, -0.25) is 14.4 Å². The molecule has 1 unspecified atom stereocenters. The minimum Gasteiger partial charge on any atom is -1.00 e. The molecule has 1 aliphatic heterocycles. The van der Waals surface area contributed by atoms with Gasteiger partial charge in [-0.15, -0.1) is 0 Å². The maximum absolute atomic E-state index is 11.4. The number of hydrogen-bond donors (Lipinski definition) is 1. The third-order valence-corrected chi connectivity index (χ3v) is 3.23. The fraction of sp³-hybridized carbons (Fsp3) is 0.800. The second-order valence-electron chi connectivity index (χ2n) is 5.43. The molecule has 9 nitrogen and oxygen atoms in total. The van der Waals surface area contributed by atoms with Crippen LogP contribution in [0.4, 0.5) is 0 Å². The Labute approximate surface area is 157 Å². The molecule has 0 aromatic rings. The third-order valence-electron chi connectivity index (χ3n) is 3.23. The van der Waals surface area contributed by atoms with E-state index < -0.39 is 42.5 Å². The zero-order chi connectivity index (χ0) is 18.1. The summed E-state index contributed by atoms with van der Waals surface area (Å²) in [5, 5.41) is 0. The average molecular weight is 428 g/mol. The highest BCUT2D eigenvalue weighted by Crippen LogP contribution is 2.25. The lowest BCUT2D eigenvalue weighted by atomic mass is 10.0. The number of carbonyl (C=O) groups is 3. The Kier molecular flexibility index (Phi) is 11.6. The summed E-state index contributed by atoms with van der Waals surface area (Å²) < 4.78 is 26.7. The number of quaternary nitrogens is 1. The van der Waals surface area contributed by atoms with Crippen LogP contribution < -0.4 is 22.7 Å². The average Bonchev–Trinajstić information content (AvgIpc) is 2.47. The number of halogens is 1. The number of unbranched alkanes of at least 4 members (excludes halogenated alkanes) is 1. The van der Waals surface area contributed by atoms with Gasteiger partial charge >= 0.3 is 17.9 Å². The first-order chi connectivity index (χ1) is 11.3. The molecular weight excluding hydrogens is 402 g/mol. The van der Waals surface area contributed by atoms with E-state index in [0.29, 0.717) is 6.61 Å². The van der Waals surface area contributed by atoms with E-state index in [4.69, 9.17) is 23.7 Å². The van der Waals surface area contributed by atoms with E-state index in [1.807, 2.05) is 0 Å². The van der Waals surface area contributed by atoms with Crippen molar-refractivity contribution in [3.8, 4) is 0 Å². The topological polar surface area (TPSA) is 125 Å². The third kappa shape index (κ3) is 8.61. The highest BCUT2D eigenvalue weighted by Gasteiger charge is 2.47. The van der Waals surface area contributed by atoms with Gasteiger partial charge in [0.05, 0.1) is 19.8 Å². The van der Waals surface area contributed by atoms with Crippen LogP contribution in [0.1, 0.15) is 33.6 Å². The Morgan fingerprint density at radius 3 is 2.04 bits per heavy atom. The van der Waals surface area contributed by atoms with Crippen molar-refractivity contribution in [2.45, 2.75) is 58.2 Å². The van der Waals surface area contributed by atoms with E-state index in [9.17, 15) is 14.4 Å². The smallest absolute Gasteiger partial charge is 0.303 e. The fourth-order valence-corrected chi connectivity index (χ4v) is 2.33. The van der Waals surface area contributed by atoms with Gasteiger partial charge in [-0.1, -0.05) is 0 Å². The van der Waals surface area contributed by atoms with Gasteiger partial charge < -0.3 is 46.4 Å². The lowest BCUT2D eigenvalue weighted by molar-refractivity contribution is -0.369. The highest BCUT2D eigenvalue weighted by molar-refractivity contribution is 5.68. The molecule has 0 amide bonds. The summed E-state index contributed by atoms with van der Waals surface area (Å²) in [5.41, 5.74) is 3.74. The molecule has 1 heterocycles. The second kappa shape index (κ2) is 12.2. The number of carbonyl (C=O) groups excluding carboxylic acids is 3. The van der Waals surface area contributed by atoms with Crippen LogP contribution in [-0.2, 0) is 38.1 Å². The van der Waals surface area contributed by atoms with Crippen LogP contribution in [0, 0.1) is 0 Å². The fourth-order valence-electron chi connectivity index (χ4n) is 2.33. The molecule has 1 fully saturated rings. The predicted octanol–water partition coefficient (Wildman–Crippen LogP) is -3.82. The lowest BCUT2D eigenvalue weighted by Crippen LogP contribution is -3.00. The van der Waals surface area contributed by atoms with Gasteiger partial charge in [0.1, 0.15) is 0 Å². The predicted molar refractivity (Wildman–Crippen MR) is 79.3 cm³/mol. The molecule has 25 heavy (non-hydrogen) atoms. The molecule has 1 rings (SSSR count). The van der Waals surface area contributed by atoms with Crippen molar-refractivity contribution in [1.82, 2.24) is 0 Å². The summed E-state index contributed by atoms with van der Waals surface area (Å²) in [4.78, 5) is 34.0. The van der Waals surface area contributed by atoms with E-state index in [2.05, 4.69) is 5.73 Å². The Balaban J connectivity index is 0.00000576. The van der Waals surface area contributed by atoms with Crippen molar-refractivity contribution in [2.24, 2.45) is 0 Å². The Bertz CT molecular complexity index is 447. The summed E-state index contributed by atoms with van der Waals surface area (Å²) in [7, 11) is 0. The Hall–Kier alpha value is -1.23. The summed E-state index contributed by atoms with van der Waals surface area (Å²) >= 11 is 0. The Morgan fingerprint density at radius 2 is 1.52 bits per heavy atom. The molecule has 0 saturated carbocycles. The van der Waals surface area contributed by atoms with Crippen LogP contribution in [0.15, 0.2) is 0 Å². The largest absolute Gasteiger partial charge is 1.00 e. The molecular formula is C15H26BrNO8. The molecule has 10 heteroatoms. The van der Waals surface area contributed by atoms with Crippen LogP contribution in [0.5, 0.6) is 0 Å². The van der Waals surface area contributed by atoms with Crippen LogP contribution in [0.25, 0.3) is 0 Å². The molecule has 0 radical (unpaired) electrons. The maximum Gasteiger partial charge on any atom is 0.303 e. The van der Waals surface area contributed by atoms with Gasteiger partial charge in [-0.2, -0.15) is 0 Å².